The quantitative estimate of drug-likeness (QED) is 0.884. The van der Waals surface area contributed by atoms with Gasteiger partial charge in [-0.05, 0) is 53.3 Å². The second-order valence-electron chi connectivity index (χ2n) is 5.52. The number of rotatable bonds is 4. The van der Waals surface area contributed by atoms with Gasteiger partial charge in [0, 0.05) is 25.2 Å². The molecule has 1 N–H and O–H groups in total. The van der Waals surface area contributed by atoms with Crippen LogP contribution in [0, 0.1) is 6.92 Å². The van der Waals surface area contributed by atoms with Crippen molar-refractivity contribution in [3.05, 3.63) is 17.5 Å². The molecule has 0 radical (unpaired) electrons. The monoisotopic (exact) mass is 250 g/mol. The van der Waals surface area contributed by atoms with E-state index in [0.717, 1.165) is 18.8 Å². The van der Waals surface area contributed by atoms with E-state index in [2.05, 4.69) is 53.9 Å². The van der Waals surface area contributed by atoms with Crippen molar-refractivity contribution >= 4 is 0 Å². The van der Waals surface area contributed by atoms with Crippen LogP contribution in [0.15, 0.2) is 6.07 Å². The zero-order chi connectivity index (χ0) is 13.1. The zero-order valence-corrected chi connectivity index (χ0v) is 12.1. The smallest absolute Gasteiger partial charge is 0.0597 e. The molecular formula is C14H26N4. The van der Waals surface area contributed by atoms with E-state index in [1.165, 1.54) is 25.1 Å². The first kappa shape index (κ1) is 13.6. The Kier molecular flexibility index (Phi) is 4.40. The van der Waals surface area contributed by atoms with Gasteiger partial charge in [-0.2, -0.15) is 5.10 Å². The lowest BCUT2D eigenvalue weighted by molar-refractivity contribution is 0.167. The zero-order valence-electron chi connectivity index (χ0n) is 12.1. The molecule has 0 saturated carbocycles. The number of piperidine rings is 1. The van der Waals surface area contributed by atoms with Gasteiger partial charge < -0.3 is 10.2 Å². The number of aryl methyl sites for hydroxylation is 2. The Morgan fingerprint density at radius 1 is 1.50 bits per heavy atom. The molecule has 102 valence electrons. The molecule has 2 unspecified atom stereocenters. The maximum absolute atomic E-state index is 4.49. The van der Waals surface area contributed by atoms with Gasteiger partial charge >= 0.3 is 0 Å². The first-order chi connectivity index (χ1) is 8.60. The van der Waals surface area contributed by atoms with Gasteiger partial charge in [0.1, 0.15) is 0 Å². The second-order valence-corrected chi connectivity index (χ2v) is 5.52. The molecule has 0 aromatic carbocycles. The van der Waals surface area contributed by atoms with Gasteiger partial charge in [0.05, 0.1) is 11.4 Å². The first-order valence-electron chi connectivity index (χ1n) is 7.07. The molecule has 1 aromatic heterocycles. The molecule has 0 amide bonds. The van der Waals surface area contributed by atoms with E-state index in [-0.39, 0.29) is 0 Å². The standard InChI is InChI=1S/C14H26N4/c1-5-18-14(8-11(2)16-18)10-15-13-6-7-17(4)12(3)9-13/h8,12-13,15H,5-7,9-10H2,1-4H3. The molecule has 1 aliphatic heterocycles. The number of aromatic nitrogens is 2. The maximum atomic E-state index is 4.49. The average molecular weight is 250 g/mol. The lowest BCUT2D eigenvalue weighted by atomic mass is 9.99. The summed E-state index contributed by atoms with van der Waals surface area (Å²) in [5, 5.41) is 8.18. The number of hydrogen-bond donors (Lipinski definition) is 1. The molecule has 1 saturated heterocycles. The van der Waals surface area contributed by atoms with Gasteiger partial charge in [-0.1, -0.05) is 0 Å². The fourth-order valence-corrected chi connectivity index (χ4v) is 2.74. The van der Waals surface area contributed by atoms with Crippen LogP contribution < -0.4 is 5.32 Å². The highest BCUT2D eigenvalue weighted by molar-refractivity contribution is 5.08. The molecule has 4 nitrogen and oxygen atoms in total. The van der Waals surface area contributed by atoms with Crippen LogP contribution in [0.25, 0.3) is 0 Å². The predicted molar refractivity (Wildman–Crippen MR) is 74.6 cm³/mol. The summed E-state index contributed by atoms with van der Waals surface area (Å²) in [5.41, 5.74) is 2.42. The Morgan fingerprint density at radius 2 is 2.28 bits per heavy atom. The summed E-state index contributed by atoms with van der Waals surface area (Å²) in [4.78, 5) is 2.44. The Morgan fingerprint density at radius 3 is 2.94 bits per heavy atom. The molecule has 1 fully saturated rings. The summed E-state index contributed by atoms with van der Waals surface area (Å²) in [6.45, 7) is 9.62. The average Bonchev–Trinajstić information content (AvgIpc) is 2.71. The summed E-state index contributed by atoms with van der Waals surface area (Å²) in [5.74, 6) is 0. The molecule has 0 spiro atoms. The molecule has 4 heteroatoms. The Balaban J connectivity index is 1.87. The van der Waals surface area contributed by atoms with E-state index in [9.17, 15) is 0 Å². The van der Waals surface area contributed by atoms with Crippen LogP contribution in [0.3, 0.4) is 0 Å². The van der Waals surface area contributed by atoms with Crippen molar-refractivity contribution in [3.8, 4) is 0 Å². The molecule has 0 aliphatic carbocycles. The fraction of sp³-hybridized carbons (Fsp3) is 0.786. The Hall–Kier alpha value is -0.870. The minimum atomic E-state index is 0.650. The third-order valence-corrected chi connectivity index (χ3v) is 4.07. The van der Waals surface area contributed by atoms with Crippen molar-refractivity contribution in [2.45, 2.75) is 58.8 Å². The minimum absolute atomic E-state index is 0.650. The Labute approximate surface area is 110 Å². The molecule has 1 aromatic rings. The van der Waals surface area contributed by atoms with Crippen LogP contribution >= 0.6 is 0 Å². The molecule has 1 aliphatic rings. The summed E-state index contributed by atoms with van der Waals surface area (Å²) in [7, 11) is 2.22. The number of hydrogen-bond acceptors (Lipinski definition) is 3. The van der Waals surface area contributed by atoms with E-state index in [1.807, 2.05) is 0 Å². The van der Waals surface area contributed by atoms with Crippen molar-refractivity contribution in [2.75, 3.05) is 13.6 Å². The lowest BCUT2D eigenvalue weighted by Gasteiger charge is -2.35. The van der Waals surface area contributed by atoms with Crippen molar-refractivity contribution < 1.29 is 0 Å². The van der Waals surface area contributed by atoms with Gasteiger partial charge in [0.15, 0.2) is 0 Å². The van der Waals surface area contributed by atoms with E-state index in [1.54, 1.807) is 0 Å². The van der Waals surface area contributed by atoms with Crippen LogP contribution in [0.4, 0.5) is 0 Å². The van der Waals surface area contributed by atoms with Gasteiger partial charge in [0.25, 0.3) is 0 Å². The molecule has 2 rings (SSSR count). The molecular weight excluding hydrogens is 224 g/mol. The third-order valence-electron chi connectivity index (χ3n) is 4.07. The molecule has 18 heavy (non-hydrogen) atoms. The van der Waals surface area contributed by atoms with Crippen molar-refractivity contribution in [1.29, 1.82) is 0 Å². The normalized spacial score (nSPS) is 25.6. The summed E-state index contributed by atoms with van der Waals surface area (Å²) >= 11 is 0. The van der Waals surface area contributed by atoms with Crippen molar-refractivity contribution in [1.82, 2.24) is 20.0 Å². The van der Waals surface area contributed by atoms with Crippen LogP contribution in [0.1, 0.15) is 38.1 Å². The molecule has 0 bridgehead atoms. The van der Waals surface area contributed by atoms with Crippen LogP contribution in [-0.2, 0) is 13.1 Å². The van der Waals surface area contributed by atoms with E-state index < -0.39 is 0 Å². The van der Waals surface area contributed by atoms with Crippen molar-refractivity contribution in [3.63, 3.8) is 0 Å². The van der Waals surface area contributed by atoms with E-state index in [0.29, 0.717) is 12.1 Å². The topological polar surface area (TPSA) is 33.1 Å². The highest BCUT2D eigenvalue weighted by Crippen LogP contribution is 2.16. The number of nitrogens with one attached hydrogen (secondary N) is 1. The van der Waals surface area contributed by atoms with Crippen molar-refractivity contribution in [2.24, 2.45) is 0 Å². The first-order valence-corrected chi connectivity index (χ1v) is 7.07. The number of likely N-dealkylation sites (tertiary alicyclic amines) is 1. The summed E-state index contributed by atoms with van der Waals surface area (Å²) in [6.07, 6.45) is 2.50. The molecule has 2 heterocycles. The number of nitrogens with zero attached hydrogens (tertiary/aromatic N) is 3. The summed E-state index contributed by atoms with van der Waals surface area (Å²) in [6, 6.07) is 3.53. The summed E-state index contributed by atoms with van der Waals surface area (Å²) < 4.78 is 2.10. The molecule has 2 atom stereocenters. The minimum Gasteiger partial charge on any atom is -0.308 e. The van der Waals surface area contributed by atoms with E-state index in [4.69, 9.17) is 0 Å². The lowest BCUT2D eigenvalue weighted by Crippen LogP contribution is -2.45. The van der Waals surface area contributed by atoms with Gasteiger partial charge in [-0.15, -0.1) is 0 Å². The second kappa shape index (κ2) is 5.85. The highest BCUT2D eigenvalue weighted by Gasteiger charge is 2.22. The third kappa shape index (κ3) is 3.12. The Bertz CT molecular complexity index is 385. The van der Waals surface area contributed by atoms with E-state index >= 15 is 0 Å². The van der Waals surface area contributed by atoms with Gasteiger partial charge in [-0.3, -0.25) is 4.68 Å². The SMILES string of the molecule is CCn1nc(C)cc1CNC1CCN(C)C(C)C1. The maximum Gasteiger partial charge on any atom is 0.0597 e. The largest absolute Gasteiger partial charge is 0.308 e. The highest BCUT2D eigenvalue weighted by atomic mass is 15.3. The van der Waals surface area contributed by atoms with Crippen LogP contribution in [-0.4, -0.2) is 40.4 Å². The van der Waals surface area contributed by atoms with Gasteiger partial charge in [0.2, 0.25) is 0 Å². The van der Waals surface area contributed by atoms with Gasteiger partial charge in [-0.25, -0.2) is 0 Å². The van der Waals surface area contributed by atoms with Crippen LogP contribution in [0.5, 0.6) is 0 Å². The predicted octanol–water partition coefficient (Wildman–Crippen LogP) is 1.78. The fourth-order valence-electron chi connectivity index (χ4n) is 2.74. The van der Waals surface area contributed by atoms with Crippen LogP contribution in [0.2, 0.25) is 0 Å².